The molecule has 1 N–H and O–H groups in total. The molecule has 0 unspecified atom stereocenters. The Bertz CT molecular complexity index is 1170. The van der Waals surface area contributed by atoms with E-state index in [0.717, 1.165) is 22.4 Å². The molecule has 1 aromatic heterocycles. The summed E-state index contributed by atoms with van der Waals surface area (Å²) in [7, 11) is -1.87. The van der Waals surface area contributed by atoms with E-state index in [1.807, 2.05) is 56.3 Å². The number of amides is 1. The number of nitrogens with one attached hydrogen (secondary N) is 1. The Morgan fingerprint density at radius 3 is 2.34 bits per heavy atom. The van der Waals surface area contributed by atoms with Crippen molar-refractivity contribution in [2.45, 2.75) is 26.7 Å². The summed E-state index contributed by atoms with van der Waals surface area (Å²) < 4.78 is 31.1. The lowest BCUT2D eigenvalue weighted by atomic mass is 10.1. The van der Waals surface area contributed by atoms with Gasteiger partial charge in [-0.1, -0.05) is 17.4 Å². The number of aryl methyl sites for hydroxylation is 2. The normalized spacial score (nSPS) is 11.2. The molecule has 0 radical (unpaired) electrons. The summed E-state index contributed by atoms with van der Waals surface area (Å²) in [6.07, 6.45) is 1.71. The standard InChI is InChI=1S/C22H26N4O4S2/c1-15-12-16(2)14-18(13-15)26(32(4,28)29)11-5-6-20(27)23-22-25-24-21(31-22)17-7-9-19(30-3)10-8-17/h7-10,12-14H,5-6,11H2,1-4H3,(H,23,25,27). The maximum absolute atomic E-state index is 12.4. The first kappa shape index (κ1) is 23.7. The first-order chi connectivity index (χ1) is 15.2. The third-order valence-electron chi connectivity index (χ3n) is 4.67. The number of anilines is 2. The highest BCUT2D eigenvalue weighted by atomic mass is 32.2. The molecule has 1 amide bonds. The van der Waals surface area contributed by atoms with Crippen LogP contribution in [0.1, 0.15) is 24.0 Å². The van der Waals surface area contributed by atoms with Crippen LogP contribution >= 0.6 is 11.3 Å². The summed E-state index contributed by atoms with van der Waals surface area (Å²) in [5, 5.41) is 12.0. The fourth-order valence-electron chi connectivity index (χ4n) is 3.27. The monoisotopic (exact) mass is 474 g/mol. The molecular formula is C22H26N4O4S2. The van der Waals surface area contributed by atoms with Crippen molar-refractivity contribution in [3.8, 4) is 16.3 Å². The van der Waals surface area contributed by atoms with E-state index in [9.17, 15) is 13.2 Å². The van der Waals surface area contributed by atoms with Gasteiger partial charge in [-0.3, -0.25) is 9.10 Å². The number of benzene rings is 2. The van der Waals surface area contributed by atoms with Gasteiger partial charge < -0.3 is 10.1 Å². The van der Waals surface area contributed by atoms with Crippen LogP contribution in [0.2, 0.25) is 0 Å². The molecule has 0 bridgehead atoms. The molecule has 2 aromatic carbocycles. The highest BCUT2D eigenvalue weighted by molar-refractivity contribution is 7.92. The number of sulfonamides is 1. The quantitative estimate of drug-likeness (QED) is 0.503. The predicted molar refractivity (Wildman–Crippen MR) is 128 cm³/mol. The van der Waals surface area contributed by atoms with Crippen molar-refractivity contribution in [2.24, 2.45) is 0 Å². The van der Waals surface area contributed by atoms with Crippen LogP contribution in [0.3, 0.4) is 0 Å². The minimum atomic E-state index is -3.47. The molecule has 3 rings (SSSR count). The van der Waals surface area contributed by atoms with Crippen molar-refractivity contribution >= 4 is 38.1 Å². The zero-order chi connectivity index (χ0) is 23.3. The van der Waals surface area contributed by atoms with E-state index in [1.54, 1.807) is 7.11 Å². The number of methoxy groups -OCH3 is 1. The van der Waals surface area contributed by atoms with Gasteiger partial charge in [0.25, 0.3) is 0 Å². The Morgan fingerprint density at radius 2 is 1.75 bits per heavy atom. The smallest absolute Gasteiger partial charge is 0.232 e. The lowest BCUT2D eigenvalue weighted by Crippen LogP contribution is -2.31. The number of rotatable bonds is 9. The molecule has 10 heteroatoms. The first-order valence-electron chi connectivity index (χ1n) is 9.99. The van der Waals surface area contributed by atoms with Gasteiger partial charge >= 0.3 is 0 Å². The number of hydrogen-bond donors (Lipinski definition) is 1. The van der Waals surface area contributed by atoms with E-state index in [-0.39, 0.29) is 18.9 Å². The molecule has 0 spiro atoms. The molecule has 0 saturated heterocycles. The van der Waals surface area contributed by atoms with Crippen molar-refractivity contribution in [1.82, 2.24) is 10.2 Å². The molecule has 8 nitrogen and oxygen atoms in total. The lowest BCUT2D eigenvalue weighted by molar-refractivity contribution is -0.116. The van der Waals surface area contributed by atoms with Crippen LogP contribution < -0.4 is 14.4 Å². The molecule has 1 heterocycles. The van der Waals surface area contributed by atoms with Gasteiger partial charge in [-0.25, -0.2) is 8.42 Å². The van der Waals surface area contributed by atoms with Crippen molar-refractivity contribution in [1.29, 1.82) is 0 Å². The zero-order valence-corrected chi connectivity index (χ0v) is 20.1. The summed E-state index contributed by atoms with van der Waals surface area (Å²) in [5.41, 5.74) is 3.45. The molecule has 0 fully saturated rings. The lowest BCUT2D eigenvalue weighted by Gasteiger charge is -2.23. The Balaban J connectivity index is 1.58. The number of ether oxygens (including phenoxy) is 1. The van der Waals surface area contributed by atoms with E-state index < -0.39 is 10.0 Å². The summed E-state index contributed by atoms with van der Waals surface area (Å²) in [6, 6.07) is 13.1. The summed E-state index contributed by atoms with van der Waals surface area (Å²) >= 11 is 1.27. The number of aromatic nitrogens is 2. The van der Waals surface area contributed by atoms with Gasteiger partial charge in [0, 0.05) is 18.5 Å². The van der Waals surface area contributed by atoms with Crippen LogP contribution in [-0.4, -0.2) is 44.4 Å². The van der Waals surface area contributed by atoms with Crippen molar-refractivity contribution in [3.63, 3.8) is 0 Å². The third-order valence-corrected chi connectivity index (χ3v) is 6.75. The highest BCUT2D eigenvalue weighted by Crippen LogP contribution is 2.28. The summed E-state index contributed by atoms with van der Waals surface area (Å²) in [6.45, 7) is 4.06. The average molecular weight is 475 g/mol. The number of carbonyl (C=O) groups is 1. The Hall–Kier alpha value is -2.98. The van der Waals surface area contributed by atoms with Gasteiger partial charge in [0.05, 0.1) is 19.1 Å². The molecule has 32 heavy (non-hydrogen) atoms. The van der Waals surface area contributed by atoms with Gasteiger partial charge in [-0.2, -0.15) is 0 Å². The Morgan fingerprint density at radius 1 is 1.09 bits per heavy atom. The van der Waals surface area contributed by atoms with Gasteiger partial charge in [0.2, 0.25) is 21.1 Å². The molecular weight excluding hydrogens is 448 g/mol. The first-order valence-corrected chi connectivity index (χ1v) is 12.7. The number of carbonyl (C=O) groups excluding carboxylic acids is 1. The molecule has 0 atom stereocenters. The van der Waals surface area contributed by atoms with Crippen molar-refractivity contribution in [2.75, 3.05) is 29.5 Å². The fourth-order valence-corrected chi connectivity index (χ4v) is 4.98. The van der Waals surface area contributed by atoms with Crippen LogP contribution in [0.25, 0.3) is 10.6 Å². The van der Waals surface area contributed by atoms with Gasteiger partial charge in [0.15, 0.2) is 0 Å². The van der Waals surface area contributed by atoms with Gasteiger partial charge in [-0.05, 0) is 67.8 Å². The predicted octanol–water partition coefficient (Wildman–Crippen LogP) is 4.02. The topological polar surface area (TPSA) is 101 Å². The second-order valence-electron chi connectivity index (χ2n) is 7.47. The van der Waals surface area contributed by atoms with Gasteiger partial charge in [-0.15, -0.1) is 10.2 Å². The van der Waals surface area contributed by atoms with Crippen LogP contribution in [0.4, 0.5) is 10.8 Å². The van der Waals surface area contributed by atoms with E-state index in [4.69, 9.17) is 4.74 Å². The van der Waals surface area contributed by atoms with E-state index in [1.165, 1.54) is 21.9 Å². The second kappa shape index (κ2) is 10.1. The maximum atomic E-state index is 12.4. The van der Waals surface area contributed by atoms with Crippen LogP contribution in [0.5, 0.6) is 5.75 Å². The molecule has 3 aromatic rings. The van der Waals surface area contributed by atoms with Crippen molar-refractivity contribution < 1.29 is 17.9 Å². The molecule has 0 saturated carbocycles. The molecule has 0 aliphatic heterocycles. The van der Waals surface area contributed by atoms with Gasteiger partial charge in [0.1, 0.15) is 10.8 Å². The number of nitrogens with zero attached hydrogens (tertiary/aromatic N) is 3. The fraction of sp³-hybridized carbons (Fsp3) is 0.318. The SMILES string of the molecule is COc1ccc(-c2nnc(NC(=O)CCCN(c3cc(C)cc(C)c3)S(C)(=O)=O)s2)cc1. The van der Waals surface area contributed by atoms with Crippen LogP contribution in [-0.2, 0) is 14.8 Å². The van der Waals surface area contributed by atoms with Crippen molar-refractivity contribution in [3.05, 3.63) is 53.6 Å². The zero-order valence-electron chi connectivity index (χ0n) is 18.5. The Labute approximate surface area is 192 Å². The highest BCUT2D eigenvalue weighted by Gasteiger charge is 2.18. The average Bonchev–Trinajstić information content (AvgIpc) is 3.18. The number of hydrogen-bond acceptors (Lipinski definition) is 7. The van der Waals surface area contributed by atoms with E-state index >= 15 is 0 Å². The van der Waals surface area contributed by atoms with Crippen LogP contribution in [0.15, 0.2) is 42.5 Å². The van der Waals surface area contributed by atoms with Crippen LogP contribution in [0, 0.1) is 13.8 Å². The molecule has 170 valence electrons. The van der Waals surface area contributed by atoms with E-state index in [0.29, 0.717) is 22.2 Å². The molecule has 0 aliphatic rings. The maximum Gasteiger partial charge on any atom is 0.232 e. The van der Waals surface area contributed by atoms with E-state index in [2.05, 4.69) is 15.5 Å². The minimum Gasteiger partial charge on any atom is -0.497 e. The minimum absolute atomic E-state index is 0.161. The second-order valence-corrected chi connectivity index (χ2v) is 10.4. The third kappa shape index (κ3) is 6.27. The summed E-state index contributed by atoms with van der Waals surface area (Å²) in [5.74, 6) is 0.507. The Kier molecular flexibility index (Phi) is 7.47. The largest absolute Gasteiger partial charge is 0.497 e. The summed E-state index contributed by atoms with van der Waals surface area (Å²) in [4.78, 5) is 12.4. The molecule has 0 aliphatic carbocycles.